The predicted molar refractivity (Wildman–Crippen MR) is 91.8 cm³/mol. The van der Waals surface area contributed by atoms with E-state index >= 15 is 0 Å². The molecule has 0 spiro atoms. The van der Waals surface area contributed by atoms with Gasteiger partial charge < -0.3 is 9.80 Å². The van der Waals surface area contributed by atoms with Crippen LogP contribution in [-0.2, 0) is 11.2 Å². The van der Waals surface area contributed by atoms with Gasteiger partial charge in [0.15, 0.2) is 0 Å². The standard InChI is InChI=1S/C18H25N3O3/c22-18(13-15-6-5-8-16(12-15)21(23)24)20-11-2-1-7-17(20)14-19-9-3-4-10-19/h5-6,8,12,17H,1-4,7,9-11,13-14H2/t17-/m0/s1. The molecule has 6 nitrogen and oxygen atoms in total. The van der Waals surface area contributed by atoms with Crippen molar-refractivity contribution in [2.75, 3.05) is 26.2 Å². The molecule has 1 amide bonds. The second kappa shape index (κ2) is 7.75. The maximum absolute atomic E-state index is 12.8. The highest BCUT2D eigenvalue weighted by Crippen LogP contribution is 2.22. The summed E-state index contributed by atoms with van der Waals surface area (Å²) in [6.45, 7) is 4.07. The van der Waals surface area contributed by atoms with Crippen LogP contribution in [0.15, 0.2) is 24.3 Å². The first-order valence-corrected chi connectivity index (χ1v) is 8.88. The van der Waals surface area contributed by atoms with Gasteiger partial charge in [-0.2, -0.15) is 0 Å². The number of nitro benzene ring substituents is 1. The van der Waals surface area contributed by atoms with Gasteiger partial charge in [0, 0.05) is 31.3 Å². The molecule has 0 radical (unpaired) electrons. The van der Waals surface area contributed by atoms with Crippen molar-refractivity contribution in [2.45, 2.75) is 44.6 Å². The number of nitrogens with zero attached hydrogens (tertiary/aromatic N) is 3. The van der Waals surface area contributed by atoms with Crippen LogP contribution in [0.3, 0.4) is 0 Å². The first-order valence-electron chi connectivity index (χ1n) is 8.88. The Morgan fingerprint density at radius 3 is 2.67 bits per heavy atom. The molecule has 2 saturated heterocycles. The summed E-state index contributed by atoms with van der Waals surface area (Å²) in [6.07, 6.45) is 6.06. The zero-order valence-corrected chi connectivity index (χ0v) is 14.0. The van der Waals surface area contributed by atoms with Crippen LogP contribution in [0.4, 0.5) is 5.69 Å². The second-order valence-electron chi connectivity index (χ2n) is 6.85. The SMILES string of the molecule is O=C(Cc1cccc([N+](=O)[O-])c1)N1CCCC[C@H]1CN1CCCC1. The van der Waals surface area contributed by atoms with Gasteiger partial charge in [-0.3, -0.25) is 14.9 Å². The van der Waals surface area contributed by atoms with E-state index in [1.165, 1.54) is 31.4 Å². The number of carbonyl (C=O) groups is 1. The van der Waals surface area contributed by atoms with Crippen LogP contribution in [0.25, 0.3) is 0 Å². The highest BCUT2D eigenvalue weighted by molar-refractivity contribution is 5.79. The van der Waals surface area contributed by atoms with E-state index < -0.39 is 4.92 Å². The molecular weight excluding hydrogens is 306 g/mol. The summed E-state index contributed by atoms with van der Waals surface area (Å²) in [5.41, 5.74) is 0.771. The summed E-state index contributed by atoms with van der Waals surface area (Å²) in [5.74, 6) is 0.0967. The molecule has 0 aromatic heterocycles. The molecule has 0 saturated carbocycles. The largest absolute Gasteiger partial charge is 0.338 e. The van der Waals surface area contributed by atoms with E-state index in [0.717, 1.165) is 44.6 Å². The Morgan fingerprint density at radius 2 is 1.92 bits per heavy atom. The van der Waals surface area contributed by atoms with E-state index in [0.29, 0.717) is 6.04 Å². The quantitative estimate of drug-likeness (QED) is 0.614. The zero-order chi connectivity index (χ0) is 16.9. The van der Waals surface area contributed by atoms with Crippen molar-refractivity contribution >= 4 is 11.6 Å². The molecule has 0 N–H and O–H groups in total. The van der Waals surface area contributed by atoms with E-state index in [1.807, 2.05) is 4.90 Å². The lowest BCUT2D eigenvalue weighted by atomic mass is 10.00. The van der Waals surface area contributed by atoms with Crippen molar-refractivity contribution in [1.29, 1.82) is 0 Å². The number of non-ortho nitro benzene ring substituents is 1. The Bertz CT molecular complexity index is 599. The number of carbonyl (C=O) groups excluding carboxylic acids is 1. The number of nitro groups is 1. The first kappa shape index (κ1) is 16.9. The average molecular weight is 331 g/mol. The molecule has 1 atom stereocenters. The van der Waals surface area contributed by atoms with Gasteiger partial charge >= 0.3 is 0 Å². The molecule has 2 fully saturated rings. The zero-order valence-electron chi connectivity index (χ0n) is 14.0. The maximum Gasteiger partial charge on any atom is 0.269 e. The third-order valence-electron chi connectivity index (χ3n) is 5.09. The van der Waals surface area contributed by atoms with Gasteiger partial charge in [0.05, 0.1) is 11.3 Å². The number of hydrogen-bond acceptors (Lipinski definition) is 4. The minimum Gasteiger partial charge on any atom is -0.338 e. The van der Waals surface area contributed by atoms with E-state index in [2.05, 4.69) is 4.90 Å². The van der Waals surface area contributed by atoms with Crippen LogP contribution in [0.2, 0.25) is 0 Å². The Kier molecular flexibility index (Phi) is 5.45. The third kappa shape index (κ3) is 4.12. The molecule has 1 aromatic rings. The van der Waals surface area contributed by atoms with Gasteiger partial charge in [0.2, 0.25) is 5.91 Å². The number of hydrogen-bond donors (Lipinski definition) is 0. The summed E-state index contributed by atoms with van der Waals surface area (Å²) in [5, 5.41) is 10.9. The number of likely N-dealkylation sites (tertiary alicyclic amines) is 2. The van der Waals surface area contributed by atoms with Gasteiger partial charge in [0.25, 0.3) is 5.69 Å². The Labute approximate surface area is 142 Å². The summed E-state index contributed by atoms with van der Waals surface area (Å²) >= 11 is 0. The molecular formula is C18H25N3O3. The molecule has 1 aromatic carbocycles. The fraction of sp³-hybridized carbons (Fsp3) is 0.611. The summed E-state index contributed by atoms with van der Waals surface area (Å²) in [7, 11) is 0. The van der Waals surface area contributed by atoms with E-state index in [-0.39, 0.29) is 18.0 Å². The average Bonchev–Trinajstić information content (AvgIpc) is 3.08. The van der Waals surface area contributed by atoms with Crippen molar-refractivity contribution in [3.63, 3.8) is 0 Å². The molecule has 0 aliphatic carbocycles. The van der Waals surface area contributed by atoms with Gasteiger partial charge in [-0.15, -0.1) is 0 Å². The Morgan fingerprint density at radius 1 is 1.17 bits per heavy atom. The fourth-order valence-corrected chi connectivity index (χ4v) is 3.84. The Hall–Kier alpha value is -1.95. The smallest absolute Gasteiger partial charge is 0.269 e. The van der Waals surface area contributed by atoms with E-state index in [9.17, 15) is 14.9 Å². The summed E-state index contributed by atoms with van der Waals surface area (Å²) < 4.78 is 0. The molecule has 0 bridgehead atoms. The van der Waals surface area contributed by atoms with Crippen molar-refractivity contribution in [3.8, 4) is 0 Å². The summed E-state index contributed by atoms with van der Waals surface area (Å²) in [6, 6.07) is 6.72. The van der Waals surface area contributed by atoms with Gasteiger partial charge in [-0.25, -0.2) is 0 Å². The molecule has 2 aliphatic rings. The van der Waals surface area contributed by atoms with Crippen LogP contribution < -0.4 is 0 Å². The van der Waals surface area contributed by atoms with Crippen molar-refractivity contribution < 1.29 is 9.72 Å². The normalized spacial score (nSPS) is 21.8. The number of piperidine rings is 1. The van der Waals surface area contributed by atoms with Crippen molar-refractivity contribution in [1.82, 2.24) is 9.80 Å². The lowest BCUT2D eigenvalue weighted by Gasteiger charge is -2.38. The number of rotatable bonds is 5. The van der Waals surface area contributed by atoms with Gasteiger partial charge in [-0.1, -0.05) is 12.1 Å². The Balaban J connectivity index is 1.65. The molecule has 2 heterocycles. The number of benzene rings is 1. The topological polar surface area (TPSA) is 66.7 Å². The van der Waals surface area contributed by atoms with Crippen LogP contribution >= 0.6 is 0 Å². The molecule has 3 rings (SSSR count). The monoisotopic (exact) mass is 331 g/mol. The predicted octanol–water partition coefficient (Wildman–Crippen LogP) is 2.61. The maximum atomic E-state index is 12.8. The molecule has 2 aliphatic heterocycles. The number of amides is 1. The van der Waals surface area contributed by atoms with E-state index in [1.54, 1.807) is 12.1 Å². The second-order valence-corrected chi connectivity index (χ2v) is 6.85. The van der Waals surface area contributed by atoms with Crippen LogP contribution in [-0.4, -0.2) is 52.9 Å². The lowest BCUT2D eigenvalue weighted by Crippen LogP contribution is -2.49. The first-order chi connectivity index (χ1) is 11.6. The van der Waals surface area contributed by atoms with Gasteiger partial charge in [0.1, 0.15) is 0 Å². The van der Waals surface area contributed by atoms with Crippen LogP contribution in [0.5, 0.6) is 0 Å². The van der Waals surface area contributed by atoms with Crippen molar-refractivity contribution in [3.05, 3.63) is 39.9 Å². The minimum absolute atomic E-state index is 0.0487. The highest BCUT2D eigenvalue weighted by atomic mass is 16.6. The molecule has 0 unspecified atom stereocenters. The molecule has 24 heavy (non-hydrogen) atoms. The third-order valence-corrected chi connectivity index (χ3v) is 5.09. The molecule has 130 valence electrons. The summed E-state index contributed by atoms with van der Waals surface area (Å²) in [4.78, 5) is 27.7. The van der Waals surface area contributed by atoms with Crippen molar-refractivity contribution in [2.24, 2.45) is 0 Å². The highest BCUT2D eigenvalue weighted by Gasteiger charge is 2.29. The van der Waals surface area contributed by atoms with Gasteiger partial charge in [-0.05, 0) is 50.8 Å². The van der Waals surface area contributed by atoms with E-state index in [4.69, 9.17) is 0 Å². The molecule has 6 heteroatoms. The van der Waals surface area contributed by atoms with Crippen LogP contribution in [0, 0.1) is 10.1 Å². The fourth-order valence-electron chi connectivity index (χ4n) is 3.84. The van der Waals surface area contributed by atoms with Crippen LogP contribution in [0.1, 0.15) is 37.7 Å². The minimum atomic E-state index is -0.412. The lowest BCUT2D eigenvalue weighted by molar-refractivity contribution is -0.384.